The van der Waals surface area contributed by atoms with Gasteiger partial charge in [-0.25, -0.2) is 8.42 Å². The van der Waals surface area contributed by atoms with Gasteiger partial charge in [0, 0.05) is 44.1 Å². The largest absolute Gasteiger partial charge is 0.363 e. The molecular formula is C14H24N4O2S. The lowest BCUT2D eigenvalue weighted by molar-refractivity contribution is 0.347. The zero-order valence-corrected chi connectivity index (χ0v) is 13.3. The molecule has 3 rings (SSSR count). The van der Waals surface area contributed by atoms with E-state index in [2.05, 4.69) is 15.2 Å². The predicted octanol–water partition coefficient (Wildman–Crippen LogP) is 0.593. The molecule has 0 atom stereocenters. The number of nitrogens with zero attached hydrogens (tertiary/aromatic N) is 2. The number of nitrogens with one attached hydrogen (secondary N) is 2. The summed E-state index contributed by atoms with van der Waals surface area (Å²) in [4.78, 5) is 5.65. The molecule has 0 spiro atoms. The summed E-state index contributed by atoms with van der Waals surface area (Å²) < 4.78 is 27.0. The maximum absolute atomic E-state index is 12.7. The van der Waals surface area contributed by atoms with E-state index in [0.29, 0.717) is 30.6 Å². The van der Waals surface area contributed by atoms with Gasteiger partial charge in [-0.05, 0) is 38.9 Å². The minimum absolute atomic E-state index is 0.389. The number of aromatic amines is 1. The van der Waals surface area contributed by atoms with E-state index in [1.54, 1.807) is 16.6 Å². The van der Waals surface area contributed by atoms with E-state index < -0.39 is 10.0 Å². The summed E-state index contributed by atoms with van der Waals surface area (Å²) in [6, 6.07) is 2.38. The molecule has 1 aliphatic heterocycles. The van der Waals surface area contributed by atoms with E-state index >= 15 is 0 Å². The summed E-state index contributed by atoms with van der Waals surface area (Å²) in [6.07, 6.45) is 4.96. The third kappa shape index (κ3) is 3.66. The Kier molecular flexibility index (Phi) is 4.35. The lowest BCUT2D eigenvalue weighted by Crippen LogP contribution is -2.34. The fourth-order valence-electron chi connectivity index (χ4n) is 2.62. The molecule has 1 aromatic heterocycles. The highest BCUT2D eigenvalue weighted by atomic mass is 32.2. The van der Waals surface area contributed by atoms with Crippen molar-refractivity contribution in [3.05, 3.63) is 18.0 Å². The van der Waals surface area contributed by atoms with E-state index in [0.717, 1.165) is 25.2 Å². The van der Waals surface area contributed by atoms with Crippen molar-refractivity contribution in [1.29, 1.82) is 0 Å². The Bertz CT molecular complexity index is 580. The Hall–Kier alpha value is -0.890. The fourth-order valence-corrected chi connectivity index (χ4v) is 4.11. The lowest BCUT2D eigenvalue weighted by atomic mass is 10.4. The highest BCUT2D eigenvalue weighted by Crippen LogP contribution is 2.21. The number of hydrogen-bond donors (Lipinski definition) is 2. The SMILES string of the molecule is CN1CCCN(S(=O)(=O)c2c[nH]c(CNC3CC3)c2)CC1. The first-order valence-electron chi connectivity index (χ1n) is 7.65. The smallest absolute Gasteiger partial charge is 0.244 e. The van der Waals surface area contributed by atoms with E-state index in [-0.39, 0.29) is 0 Å². The standard InChI is InChI=1S/C14H24N4O2S/c1-17-5-2-6-18(8-7-17)21(19,20)14-9-13(16-11-14)10-15-12-3-4-12/h9,11-12,15-16H,2-8,10H2,1H3. The lowest BCUT2D eigenvalue weighted by Gasteiger charge is -2.19. The van der Waals surface area contributed by atoms with Crippen molar-refractivity contribution >= 4 is 10.0 Å². The Morgan fingerprint density at radius 3 is 2.86 bits per heavy atom. The van der Waals surface area contributed by atoms with Crippen LogP contribution < -0.4 is 5.32 Å². The summed E-state index contributed by atoms with van der Waals surface area (Å²) >= 11 is 0. The third-order valence-corrected chi connectivity index (χ3v) is 6.07. The molecule has 0 radical (unpaired) electrons. The quantitative estimate of drug-likeness (QED) is 0.835. The normalized spacial score (nSPS) is 22.3. The summed E-state index contributed by atoms with van der Waals surface area (Å²) in [5.74, 6) is 0. The number of hydrogen-bond acceptors (Lipinski definition) is 4. The zero-order valence-electron chi connectivity index (χ0n) is 12.5. The van der Waals surface area contributed by atoms with Crippen LogP contribution in [0.15, 0.2) is 17.2 Å². The van der Waals surface area contributed by atoms with Crippen LogP contribution in [0.25, 0.3) is 0 Å². The van der Waals surface area contributed by atoms with E-state index in [9.17, 15) is 8.42 Å². The minimum Gasteiger partial charge on any atom is -0.363 e. The molecule has 2 heterocycles. The van der Waals surface area contributed by atoms with Crippen molar-refractivity contribution in [3.8, 4) is 0 Å². The van der Waals surface area contributed by atoms with Crippen molar-refractivity contribution in [2.24, 2.45) is 0 Å². The van der Waals surface area contributed by atoms with Gasteiger partial charge in [0.2, 0.25) is 10.0 Å². The van der Waals surface area contributed by atoms with Crippen molar-refractivity contribution in [1.82, 2.24) is 19.5 Å². The molecule has 0 amide bonds. The van der Waals surface area contributed by atoms with Crippen LogP contribution in [-0.2, 0) is 16.6 Å². The maximum Gasteiger partial charge on any atom is 0.244 e. The molecule has 0 aromatic carbocycles. The van der Waals surface area contributed by atoms with Gasteiger partial charge >= 0.3 is 0 Å². The fraction of sp³-hybridized carbons (Fsp3) is 0.714. The molecule has 1 aromatic rings. The molecule has 6 nitrogen and oxygen atoms in total. The molecule has 118 valence electrons. The molecule has 1 aliphatic carbocycles. The van der Waals surface area contributed by atoms with Gasteiger partial charge in [-0.15, -0.1) is 0 Å². The predicted molar refractivity (Wildman–Crippen MR) is 81.5 cm³/mol. The van der Waals surface area contributed by atoms with Crippen molar-refractivity contribution < 1.29 is 8.42 Å². The van der Waals surface area contributed by atoms with E-state index in [4.69, 9.17) is 0 Å². The van der Waals surface area contributed by atoms with Crippen molar-refractivity contribution in [2.75, 3.05) is 33.2 Å². The Morgan fingerprint density at radius 1 is 1.29 bits per heavy atom. The highest BCUT2D eigenvalue weighted by Gasteiger charge is 2.27. The molecule has 0 unspecified atom stereocenters. The first-order valence-corrected chi connectivity index (χ1v) is 9.09. The minimum atomic E-state index is -3.36. The molecule has 1 saturated heterocycles. The topological polar surface area (TPSA) is 68.4 Å². The van der Waals surface area contributed by atoms with Gasteiger partial charge < -0.3 is 15.2 Å². The number of likely N-dealkylation sites (N-methyl/N-ethyl adjacent to an activating group) is 1. The number of H-pyrrole nitrogens is 1. The van der Waals surface area contributed by atoms with Crippen LogP contribution in [0, 0.1) is 0 Å². The van der Waals surface area contributed by atoms with Gasteiger partial charge in [-0.3, -0.25) is 0 Å². The van der Waals surface area contributed by atoms with Gasteiger partial charge in [0.1, 0.15) is 0 Å². The number of aromatic nitrogens is 1. The summed E-state index contributed by atoms with van der Waals surface area (Å²) in [6.45, 7) is 3.63. The molecule has 7 heteroatoms. The van der Waals surface area contributed by atoms with Gasteiger partial charge in [0.05, 0.1) is 4.90 Å². The highest BCUT2D eigenvalue weighted by molar-refractivity contribution is 7.89. The Balaban J connectivity index is 1.68. The first-order chi connectivity index (χ1) is 10.1. The molecule has 2 N–H and O–H groups in total. The van der Waals surface area contributed by atoms with Gasteiger partial charge in [0.15, 0.2) is 0 Å². The van der Waals surface area contributed by atoms with Crippen LogP contribution in [0.3, 0.4) is 0 Å². The number of sulfonamides is 1. The van der Waals surface area contributed by atoms with Crippen LogP contribution in [0.5, 0.6) is 0 Å². The molecule has 2 fully saturated rings. The molecule has 2 aliphatic rings. The molecule has 21 heavy (non-hydrogen) atoms. The second-order valence-corrected chi connectivity index (χ2v) is 8.01. The monoisotopic (exact) mass is 312 g/mol. The summed E-state index contributed by atoms with van der Waals surface area (Å²) in [7, 11) is -1.33. The Morgan fingerprint density at radius 2 is 2.10 bits per heavy atom. The van der Waals surface area contributed by atoms with Crippen LogP contribution >= 0.6 is 0 Å². The van der Waals surface area contributed by atoms with Gasteiger partial charge in [-0.2, -0.15) is 4.31 Å². The van der Waals surface area contributed by atoms with Crippen LogP contribution in [-0.4, -0.2) is 61.9 Å². The van der Waals surface area contributed by atoms with Crippen LogP contribution in [0.2, 0.25) is 0 Å². The van der Waals surface area contributed by atoms with Crippen molar-refractivity contribution in [2.45, 2.75) is 36.7 Å². The van der Waals surface area contributed by atoms with Crippen LogP contribution in [0.4, 0.5) is 0 Å². The molecular weight excluding hydrogens is 288 g/mol. The Labute approximate surface area is 126 Å². The molecule has 0 bridgehead atoms. The maximum atomic E-state index is 12.7. The summed E-state index contributed by atoms with van der Waals surface area (Å²) in [5, 5.41) is 3.39. The van der Waals surface area contributed by atoms with Gasteiger partial charge in [0.25, 0.3) is 0 Å². The van der Waals surface area contributed by atoms with E-state index in [1.807, 2.05) is 7.05 Å². The summed E-state index contributed by atoms with van der Waals surface area (Å²) in [5.41, 5.74) is 0.937. The van der Waals surface area contributed by atoms with Gasteiger partial charge in [-0.1, -0.05) is 0 Å². The van der Waals surface area contributed by atoms with Crippen LogP contribution in [0.1, 0.15) is 25.0 Å². The second-order valence-electron chi connectivity index (χ2n) is 6.08. The van der Waals surface area contributed by atoms with E-state index in [1.165, 1.54) is 12.8 Å². The van der Waals surface area contributed by atoms with Crippen molar-refractivity contribution in [3.63, 3.8) is 0 Å². The first kappa shape index (κ1) is 15.0. The second kappa shape index (κ2) is 6.08. The average molecular weight is 312 g/mol. The average Bonchev–Trinajstić information content (AvgIpc) is 3.20. The third-order valence-electron chi connectivity index (χ3n) is 4.19. The zero-order chi connectivity index (χ0) is 14.9. The number of rotatable bonds is 5. The molecule has 1 saturated carbocycles.